The average molecular weight is 459 g/mol. The summed E-state index contributed by atoms with van der Waals surface area (Å²) in [4.78, 5) is 26.2. The number of ether oxygens (including phenoxy) is 1. The normalized spacial score (nSPS) is 16.7. The molecule has 1 N–H and O–H groups in total. The Labute approximate surface area is 202 Å². The van der Waals surface area contributed by atoms with E-state index in [1.807, 2.05) is 102 Å². The first-order valence-electron chi connectivity index (χ1n) is 11.5. The second-order valence-corrected chi connectivity index (χ2v) is 8.50. The van der Waals surface area contributed by atoms with Gasteiger partial charge < -0.3 is 14.5 Å². The highest BCUT2D eigenvalue weighted by Gasteiger charge is 2.40. The van der Waals surface area contributed by atoms with Crippen molar-refractivity contribution in [3.8, 4) is 16.9 Å². The smallest absolute Gasteiger partial charge is 0.205 e. The highest BCUT2D eigenvalue weighted by Crippen LogP contribution is 2.44. The molecule has 0 saturated carbocycles. The van der Waals surface area contributed by atoms with E-state index in [0.29, 0.717) is 17.0 Å². The van der Waals surface area contributed by atoms with E-state index >= 15 is 0 Å². The molecule has 6 rings (SSSR count). The maximum atomic E-state index is 13.8. The van der Waals surface area contributed by atoms with Crippen molar-refractivity contribution in [2.24, 2.45) is 0 Å². The van der Waals surface area contributed by atoms with Crippen molar-refractivity contribution in [2.75, 3.05) is 5.32 Å². The molecule has 0 radical (unpaired) electrons. The van der Waals surface area contributed by atoms with Gasteiger partial charge in [0.25, 0.3) is 0 Å². The molecular weight excluding hydrogens is 436 g/mol. The molecule has 0 aliphatic carbocycles. The molecule has 5 heteroatoms. The number of benzene rings is 3. The number of hydrogen-bond acceptors (Lipinski definition) is 4. The van der Waals surface area contributed by atoms with Crippen molar-refractivity contribution in [3.05, 3.63) is 126 Å². The Morgan fingerprint density at radius 2 is 1.51 bits per heavy atom. The van der Waals surface area contributed by atoms with Crippen molar-refractivity contribution in [1.29, 1.82) is 0 Å². The van der Waals surface area contributed by atoms with E-state index in [9.17, 15) is 9.59 Å². The molecule has 170 valence electrons. The van der Waals surface area contributed by atoms with Crippen molar-refractivity contribution in [1.82, 2.24) is 4.40 Å². The number of pyridine rings is 1. The molecule has 2 aromatic heterocycles. The third kappa shape index (κ3) is 3.49. The van der Waals surface area contributed by atoms with Crippen LogP contribution in [0.25, 0.3) is 16.6 Å². The fourth-order valence-corrected chi connectivity index (χ4v) is 4.93. The van der Waals surface area contributed by atoms with Crippen LogP contribution in [-0.2, 0) is 0 Å². The molecule has 1 aliphatic heterocycles. The van der Waals surface area contributed by atoms with Gasteiger partial charge >= 0.3 is 0 Å². The summed E-state index contributed by atoms with van der Waals surface area (Å²) in [6.07, 6.45) is 1.92. The monoisotopic (exact) mass is 458 g/mol. The maximum Gasteiger partial charge on any atom is 0.205 e. The Hall–Kier alpha value is -4.64. The molecule has 1 aliphatic rings. The minimum atomic E-state index is -0.833. The molecule has 5 nitrogen and oxygen atoms in total. The number of hydrogen-bond donors (Lipinski definition) is 1. The van der Waals surface area contributed by atoms with Gasteiger partial charge in [0.15, 0.2) is 12.4 Å². The van der Waals surface area contributed by atoms with E-state index < -0.39 is 12.1 Å². The van der Waals surface area contributed by atoms with Crippen LogP contribution in [0.3, 0.4) is 0 Å². The Kier molecular flexibility index (Phi) is 5.15. The summed E-state index contributed by atoms with van der Waals surface area (Å²) in [6.45, 7) is 0. The molecule has 35 heavy (non-hydrogen) atoms. The van der Waals surface area contributed by atoms with E-state index in [2.05, 4.69) is 5.32 Å². The first-order chi connectivity index (χ1) is 17.3. The van der Waals surface area contributed by atoms with Crippen molar-refractivity contribution in [2.45, 2.75) is 12.1 Å². The lowest BCUT2D eigenvalue weighted by Gasteiger charge is -2.35. The number of carbonyl (C=O) groups excluding carboxylic acids is 2. The van der Waals surface area contributed by atoms with Gasteiger partial charge in [0, 0.05) is 22.9 Å². The molecule has 0 amide bonds. The van der Waals surface area contributed by atoms with Gasteiger partial charge in [-0.25, -0.2) is 0 Å². The molecule has 3 heterocycles. The highest BCUT2D eigenvalue weighted by molar-refractivity contribution is 6.02. The van der Waals surface area contributed by atoms with Crippen molar-refractivity contribution in [3.63, 3.8) is 0 Å². The second kappa shape index (κ2) is 8.61. The van der Waals surface area contributed by atoms with Crippen molar-refractivity contribution >= 4 is 23.3 Å². The number of aldehydes is 1. The number of aromatic nitrogens is 1. The molecule has 0 bridgehead atoms. The summed E-state index contributed by atoms with van der Waals surface area (Å²) in [5.74, 6) is 0.498. The van der Waals surface area contributed by atoms with Gasteiger partial charge in [-0.15, -0.1) is 0 Å². The molecule has 2 atom stereocenters. The van der Waals surface area contributed by atoms with Gasteiger partial charge in [-0.2, -0.15) is 0 Å². The minimum absolute atomic E-state index is 0.125. The predicted molar refractivity (Wildman–Crippen MR) is 136 cm³/mol. The Morgan fingerprint density at radius 3 is 2.29 bits per heavy atom. The highest BCUT2D eigenvalue weighted by atomic mass is 16.5. The van der Waals surface area contributed by atoms with E-state index in [1.165, 1.54) is 0 Å². The van der Waals surface area contributed by atoms with Crippen molar-refractivity contribution < 1.29 is 14.3 Å². The van der Waals surface area contributed by atoms with E-state index in [-0.39, 0.29) is 5.78 Å². The zero-order chi connectivity index (χ0) is 23.8. The zero-order valence-electron chi connectivity index (χ0n) is 18.8. The number of fused-ring (bicyclic) bond motifs is 2. The lowest BCUT2D eigenvalue weighted by Crippen LogP contribution is -2.41. The first kappa shape index (κ1) is 20.9. The standard InChI is InChI=1S/C30H22N2O3/c33-19-24-26(20-11-3-1-4-12-20)27(23-16-9-10-18-32(23)24)28-30(29(34)21-13-5-2-6-14-21)35-25-17-8-7-15-22(25)31-28/h1-19,28,30-31H. The van der Waals surface area contributed by atoms with Crippen LogP contribution in [0, 0.1) is 0 Å². The summed E-state index contributed by atoms with van der Waals surface area (Å²) >= 11 is 0. The van der Waals surface area contributed by atoms with Crippen LogP contribution in [0.1, 0.15) is 32.5 Å². The quantitative estimate of drug-likeness (QED) is 0.251. The summed E-state index contributed by atoms with van der Waals surface area (Å²) in [5.41, 5.74) is 5.30. The number of rotatable bonds is 5. The molecule has 0 fully saturated rings. The number of nitrogens with one attached hydrogen (secondary N) is 1. The molecule has 0 saturated heterocycles. The fraction of sp³-hybridized carbons (Fsp3) is 0.0667. The van der Waals surface area contributed by atoms with Gasteiger partial charge in [-0.3, -0.25) is 9.59 Å². The van der Waals surface area contributed by atoms with Crippen LogP contribution in [0.5, 0.6) is 5.75 Å². The number of ketones is 1. The van der Waals surface area contributed by atoms with Crippen LogP contribution in [0.15, 0.2) is 109 Å². The molecular formula is C30H22N2O3. The second-order valence-electron chi connectivity index (χ2n) is 8.50. The van der Waals surface area contributed by atoms with E-state index in [4.69, 9.17) is 4.74 Å². The van der Waals surface area contributed by atoms with E-state index in [0.717, 1.165) is 34.2 Å². The third-order valence-corrected chi connectivity index (χ3v) is 6.48. The lowest BCUT2D eigenvalue weighted by atomic mass is 9.88. The number of carbonyl (C=O) groups is 2. The largest absolute Gasteiger partial charge is 0.478 e. The lowest BCUT2D eigenvalue weighted by molar-refractivity contribution is 0.0746. The summed E-state index contributed by atoms with van der Waals surface area (Å²) in [5, 5.41) is 3.58. The molecule has 2 unspecified atom stereocenters. The number of nitrogens with zero attached hydrogens (tertiary/aromatic N) is 1. The number of para-hydroxylation sites is 2. The van der Waals surface area contributed by atoms with Crippen LogP contribution >= 0.6 is 0 Å². The molecule has 0 spiro atoms. The third-order valence-electron chi connectivity index (χ3n) is 6.48. The van der Waals surface area contributed by atoms with Gasteiger partial charge in [0.05, 0.1) is 22.9 Å². The summed E-state index contributed by atoms with van der Waals surface area (Å²) in [7, 11) is 0. The fourth-order valence-electron chi connectivity index (χ4n) is 4.93. The van der Waals surface area contributed by atoms with E-state index in [1.54, 1.807) is 12.1 Å². The van der Waals surface area contributed by atoms with Gasteiger partial charge in [0.2, 0.25) is 5.78 Å². The summed E-state index contributed by atoms with van der Waals surface area (Å²) < 4.78 is 8.27. The van der Waals surface area contributed by atoms with Crippen LogP contribution in [0.2, 0.25) is 0 Å². The number of Topliss-reactive ketones (excluding diaryl/α,β-unsaturated/α-hetero) is 1. The number of anilines is 1. The van der Waals surface area contributed by atoms with Gasteiger partial charge in [-0.1, -0.05) is 78.9 Å². The van der Waals surface area contributed by atoms with Gasteiger partial charge in [0.1, 0.15) is 5.75 Å². The predicted octanol–water partition coefficient (Wildman–Crippen LogP) is 6.22. The first-order valence-corrected chi connectivity index (χ1v) is 11.5. The summed E-state index contributed by atoms with van der Waals surface area (Å²) in [6, 6.07) is 31.9. The molecule has 3 aromatic carbocycles. The Balaban J connectivity index is 1.62. The zero-order valence-corrected chi connectivity index (χ0v) is 18.8. The SMILES string of the molecule is O=Cc1c(-c2ccccc2)c(C2Nc3ccccc3OC2C(=O)c2ccccc2)c2ccccn12. The Bertz CT molecular complexity index is 1540. The average Bonchev–Trinajstić information content (AvgIpc) is 3.27. The van der Waals surface area contributed by atoms with Crippen LogP contribution < -0.4 is 10.1 Å². The minimum Gasteiger partial charge on any atom is -0.478 e. The van der Waals surface area contributed by atoms with Crippen LogP contribution in [0.4, 0.5) is 5.69 Å². The molecule has 5 aromatic rings. The topological polar surface area (TPSA) is 59.8 Å². The van der Waals surface area contributed by atoms with Gasteiger partial charge in [-0.05, 0) is 29.8 Å². The Morgan fingerprint density at radius 1 is 0.829 bits per heavy atom. The maximum absolute atomic E-state index is 13.8. The van der Waals surface area contributed by atoms with Crippen LogP contribution in [-0.4, -0.2) is 22.6 Å².